The number of hydrogen-bond donors (Lipinski definition) is 1. The van der Waals surface area contributed by atoms with Gasteiger partial charge in [0.1, 0.15) is 9.71 Å². The molecule has 0 bridgehead atoms. The van der Waals surface area contributed by atoms with E-state index in [9.17, 15) is 9.90 Å². The van der Waals surface area contributed by atoms with Gasteiger partial charge in [0.15, 0.2) is 0 Å². The van der Waals surface area contributed by atoms with Gasteiger partial charge >= 0.3 is 5.97 Å². The molecule has 0 spiro atoms. The molecule has 21 heavy (non-hydrogen) atoms. The molecule has 0 amide bonds. The number of aryl methyl sites for hydroxylation is 3. The molecule has 3 rings (SSSR count). The number of aromatic nitrogens is 2. The SMILES string of the molecule is CCc1nn(-c2cc(C)cc(C)c2)c2sc(C(=O)O)cc12. The van der Waals surface area contributed by atoms with E-state index < -0.39 is 5.97 Å². The van der Waals surface area contributed by atoms with Gasteiger partial charge in [0.2, 0.25) is 0 Å². The molecule has 5 heteroatoms. The van der Waals surface area contributed by atoms with Crippen molar-refractivity contribution in [1.82, 2.24) is 9.78 Å². The average Bonchev–Trinajstić information content (AvgIpc) is 2.95. The Kier molecular flexibility index (Phi) is 3.29. The smallest absolute Gasteiger partial charge is 0.345 e. The van der Waals surface area contributed by atoms with Gasteiger partial charge in [-0.3, -0.25) is 0 Å². The second kappa shape index (κ2) is 5.00. The summed E-state index contributed by atoms with van der Waals surface area (Å²) in [5, 5.41) is 14.8. The van der Waals surface area contributed by atoms with Gasteiger partial charge in [0.25, 0.3) is 0 Å². The van der Waals surface area contributed by atoms with E-state index >= 15 is 0 Å². The van der Waals surface area contributed by atoms with Gasteiger partial charge in [-0.1, -0.05) is 13.0 Å². The predicted molar refractivity (Wildman–Crippen MR) is 84.8 cm³/mol. The molecule has 0 aliphatic rings. The largest absolute Gasteiger partial charge is 0.477 e. The molecule has 0 aliphatic carbocycles. The fourth-order valence-corrected chi connectivity index (χ4v) is 3.57. The normalized spacial score (nSPS) is 11.2. The molecule has 0 atom stereocenters. The first-order valence-corrected chi connectivity index (χ1v) is 7.64. The summed E-state index contributed by atoms with van der Waals surface area (Å²) in [6, 6.07) is 7.98. The van der Waals surface area contributed by atoms with E-state index in [0.717, 1.165) is 28.0 Å². The molecule has 108 valence electrons. The lowest BCUT2D eigenvalue weighted by Crippen LogP contribution is -1.98. The fourth-order valence-electron chi connectivity index (χ4n) is 2.58. The highest BCUT2D eigenvalue weighted by Crippen LogP contribution is 2.31. The summed E-state index contributed by atoms with van der Waals surface area (Å²) < 4.78 is 1.87. The monoisotopic (exact) mass is 300 g/mol. The Hall–Kier alpha value is -2.14. The first kappa shape index (κ1) is 13.8. The highest BCUT2D eigenvalue weighted by molar-refractivity contribution is 7.20. The minimum Gasteiger partial charge on any atom is -0.477 e. The third kappa shape index (κ3) is 2.34. The number of carboxylic acid groups (broad SMARTS) is 1. The molecule has 0 fully saturated rings. The summed E-state index contributed by atoms with van der Waals surface area (Å²) >= 11 is 1.28. The Morgan fingerprint density at radius 3 is 2.48 bits per heavy atom. The maximum absolute atomic E-state index is 11.2. The van der Waals surface area contributed by atoms with Crippen LogP contribution in [0.1, 0.15) is 33.4 Å². The zero-order valence-electron chi connectivity index (χ0n) is 12.2. The van der Waals surface area contributed by atoms with Gasteiger partial charge in [0, 0.05) is 5.39 Å². The van der Waals surface area contributed by atoms with Crippen LogP contribution in [-0.4, -0.2) is 20.9 Å². The van der Waals surface area contributed by atoms with Crippen LogP contribution in [0.3, 0.4) is 0 Å². The van der Waals surface area contributed by atoms with Crippen molar-refractivity contribution in [2.24, 2.45) is 0 Å². The highest BCUT2D eigenvalue weighted by atomic mass is 32.1. The Morgan fingerprint density at radius 1 is 1.24 bits per heavy atom. The highest BCUT2D eigenvalue weighted by Gasteiger charge is 2.17. The molecule has 0 aliphatic heterocycles. The zero-order valence-corrected chi connectivity index (χ0v) is 13.0. The van der Waals surface area contributed by atoms with Crippen LogP contribution in [0, 0.1) is 13.8 Å². The van der Waals surface area contributed by atoms with E-state index in [4.69, 9.17) is 0 Å². The lowest BCUT2D eigenvalue weighted by atomic mass is 10.1. The number of hydrogen-bond acceptors (Lipinski definition) is 3. The number of benzene rings is 1. The van der Waals surface area contributed by atoms with Crippen molar-refractivity contribution in [2.75, 3.05) is 0 Å². The quantitative estimate of drug-likeness (QED) is 0.796. The molecule has 0 unspecified atom stereocenters. The maximum Gasteiger partial charge on any atom is 0.345 e. The lowest BCUT2D eigenvalue weighted by molar-refractivity contribution is 0.0702. The molecule has 0 radical (unpaired) electrons. The third-order valence-corrected chi connectivity index (χ3v) is 4.53. The van der Waals surface area contributed by atoms with Crippen LogP contribution in [-0.2, 0) is 6.42 Å². The first-order valence-electron chi connectivity index (χ1n) is 6.83. The maximum atomic E-state index is 11.2. The lowest BCUT2D eigenvalue weighted by Gasteiger charge is -2.05. The molecule has 0 saturated carbocycles. The topological polar surface area (TPSA) is 55.1 Å². The van der Waals surface area contributed by atoms with E-state index in [2.05, 4.69) is 37.1 Å². The summed E-state index contributed by atoms with van der Waals surface area (Å²) in [6.07, 6.45) is 0.782. The number of fused-ring (bicyclic) bond motifs is 1. The van der Waals surface area contributed by atoms with Crippen LogP contribution < -0.4 is 0 Å². The summed E-state index contributed by atoms with van der Waals surface area (Å²) in [5.41, 5.74) is 4.26. The van der Waals surface area contributed by atoms with Crippen molar-refractivity contribution in [3.63, 3.8) is 0 Å². The molecule has 2 aromatic heterocycles. The van der Waals surface area contributed by atoms with E-state index in [0.29, 0.717) is 4.88 Å². The molecule has 0 saturated heterocycles. The molecule has 3 aromatic rings. The van der Waals surface area contributed by atoms with Crippen LogP contribution in [0.2, 0.25) is 0 Å². The molecular formula is C16H16N2O2S. The molecule has 1 aromatic carbocycles. The van der Waals surface area contributed by atoms with E-state index in [1.165, 1.54) is 22.5 Å². The van der Waals surface area contributed by atoms with E-state index in [1.807, 2.05) is 11.6 Å². The zero-order chi connectivity index (χ0) is 15.1. The average molecular weight is 300 g/mol. The first-order chi connectivity index (χ1) is 9.99. The molecular weight excluding hydrogens is 284 g/mol. The van der Waals surface area contributed by atoms with E-state index in [-0.39, 0.29) is 0 Å². The van der Waals surface area contributed by atoms with Crippen molar-refractivity contribution in [3.8, 4) is 5.69 Å². The fraction of sp³-hybridized carbons (Fsp3) is 0.250. The summed E-state index contributed by atoms with van der Waals surface area (Å²) in [6.45, 7) is 6.13. The Morgan fingerprint density at radius 2 is 1.90 bits per heavy atom. The van der Waals surface area contributed by atoms with Crippen LogP contribution in [0.15, 0.2) is 24.3 Å². The van der Waals surface area contributed by atoms with Crippen molar-refractivity contribution >= 4 is 27.5 Å². The van der Waals surface area contributed by atoms with Gasteiger partial charge in [-0.05, 0) is 49.6 Å². The van der Waals surface area contributed by atoms with Gasteiger partial charge < -0.3 is 5.11 Å². The number of aromatic carboxylic acids is 1. The van der Waals surface area contributed by atoms with Crippen molar-refractivity contribution in [1.29, 1.82) is 0 Å². The van der Waals surface area contributed by atoms with Crippen LogP contribution in [0.4, 0.5) is 0 Å². The van der Waals surface area contributed by atoms with Gasteiger partial charge in [0.05, 0.1) is 11.4 Å². The van der Waals surface area contributed by atoms with Crippen LogP contribution in [0.25, 0.3) is 15.9 Å². The predicted octanol–water partition coefficient (Wildman–Crippen LogP) is 3.96. The number of carboxylic acids is 1. The number of carbonyl (C=O) groups is 1. The minimum atomic E-state index is -0.884. The molecule has 4 nitrogen and oxygen atoms in total. The minimum absolute atomic E-state index is 0.357. The number of rotatable bonds is 3. The number of thiophene rings is 1. The van der Waals surface area contributed by atoms with Crippen molar-refractivity contribution < 1.29 is 9.90 Å². The summed E-state index contributed by atoms with van der Waals surface area (Å²) in [7, 11) is 0. The molecule has 2 heterocycles. The van der Waals surface area contributed by atoms with Crippen molar-refractivity contribution in [2.45, 2.75) is 27.2 Å². The van der Waals surface area contributed by atoms with Crippen LogP contribution in [0.5, 0.6) is 0 Å². The molecule has 1 N–H and O–H groups in total. The Labute approximate surface area is 126 Å². The second-order valence-corrected chi connectivity index (χ2v) is 6.22. The summed E-state index contributed by atoms with van der Waals surface area (Å²) in [4.78, 5) is 12.5. The van der Waals surface area contributed by atoms with E-state index in [1.54, 1.807) is 6.07 Å². The van der Waals surface area contributed by atoms with Gasteiger partial charge in [-0.25, -0.2) is 9.48 Å². The van der Waals surface area contributed by atoms with Gasteiger partial charge in [-0.15, -0.1) is 11.3 Å². The second-order valence-electron chi connectivity index (χ2n) is 5.19. The van der Waals surface area contributed by atoms with Crippen LogP contribution >= 0.6 is 11.3 Å². The number of nitrogens with zero attached hydrogens (tertiary/aromatic N) is 2. The van der Waals surface area contributed by atoms with Gasteiger partial charge in [-0.2, -0.15) is 5.10 Å². The Bertz CT molecular complexity index is 825. The van der Waals surface area contributed by atoms with Crippen molar-refractivity contribution in [3.05, 3.63) is 46.0 Å². The summed E-state index contributed by atoms with van der Waals surface area (Å²) in [5.74, 6) is -0.884. The Balaban J connectivity index is 2.28. The standard InChI is InChI=1S/C16H16N2O2S/c1-4-13-12-8-14(16(19)20)21-15(12)18(17-13)11-6-9(2)5-10(3)7-11/h5-8H,4H2,1-3H3,(H,19,20). The third-order valence-electron chi connectivity index (χ3n) is 3.43.